The van der Waals surface area contributed by atoms with Gasteiger partial charge in [0.25, 0.3) is 0 Å². The Bertz CT molecular complexity index is 845. The van der Waals surface area contributed by atoms with E-state index in [4.69, 9.17) is 4.74 Å². The molecule has 0 atom stereocenters. The smallest absolute Gasteiger partial charge is 0.313 e. The normalized spacial score (nSPS) is 11.1. The zero-order chi connectivity index (χ0) is 19.0. The SMILES string of the molecule is CCOC(=O)CC(=O)c1ccc(CCNS(=O)(=O)c2ccccc2)cc1. The maximum absolute atomic E-state index is 12.1. The molecule has 0 spiro atoms. The van der Waals surface area contributed by atoms with Gasteiger partial charge in [0.15, 0.2) is 5.78 Å². The first-order valence-corrected chi connectivity index (χ1v) is 9.73. The number of ether oxygens (including phenoxy) is 1. The minimum atomic E-state index is -3.53. The molecule has 7 heteroatoms. The summed E-state index contributed by atoms with van der Waals surface area (Å²) in [4.78, 5) is 23.5. The number of benzene rings is 2. The maximum atomic E-state index is 12.1. The van der Waals surface area contributed by atoms with Crippen LogP contribution in [-0.2, 0) is 26.0 Å². The summed E-state index contributed by atoms with van der Waals surface area (Å²) in [6.07, 6.45) is 0.197. The molecule has 2 rings (SSSR count). The number of Topliss-reactive ketones (excluding diaryl/α,β-unsaturated/α-hetero) is 1. The molecule has 0 aliphatic carbocycles. The van der Waals surface area contributed by atoms with Crippen molar-refractivity contribution >= 4 is 21.8 Å². The van der Waals surface area contributed by atoms with Gasteiger partial charge in [-0.1, -0.05) is 42.5 Å². The molecule has 0 amide bonds. The molecule has 0 heterocycles. The van der Waals surface area contributed by atoms with E-state index < -0.39 is 16.0 Å². The summed E-state index contributed by atoms with van der Waals surface area (Å²) in [7, 11) is -3.53. The Morgan fingerprint density at radius 2 is 1.65 bits per heavy atom. The average molecular weight is 375 g/mol. The first-order valence-electron chi connectivity index (χ1n) is 8.25. The third-order valence-electron chi connectivity index (χ3n) is 3.65. The Labute approximate surface area is 153 Å². The van der Waals surface area contributed by atoms with Crippen molar-refractivity contribution in [3.8, 4) is 0 Å². The molecule has 2 aromatic rings. The summed E-state index contributed by atoms with van der Waals surface area (Å²) in [5.41, 5.74) is 1.31. The van der Waals surface area contributed by atoms with Crippen LogP contribution < -0.4 is 4.72 Å². The van der Waals surface area contributed by atoms with Crippen molar-refractivity contribution in [2.45, 2.75) is 24.7 Å². The lowest BCUT2D eigenvalue weighted by molar-refractivity contribution is -0.141. The van der Waals surface area contributed by atoms with Crippen LogP contribution in [0.3, 0.4) is 0 Å². The highest BCUT2D eigenvalue weighted by Crippen LogP contribution is 2.10. The molecule has 0 radical (unpaired) electrons. The molecule has 2 aromatic carbocycles. The van der Waals surface area contributed by atoms with Gasteiger partial charge in [-0.25, -0.2) is 13.1 Å². The molecule has 0 aliphatic rings. The first kappa shape index (κ1) is 19.8. The zero-order valence-corrected chi connectivity index (χ0v) is 15.3. The summed E-state index contributed by atoms with van der Waals surface area (Å²) < 4.78 is 31.5. The van der Waals surface area contributed by atoms with Gasteiger partial charge in [0.1, 0.15) is 6.42 Å². The molecule has 0 aliphatic heterocycles. The molecule has 0 unspecified atom stereocenters. The van der Waals surface area contributed by atoms with Crippen molar-refractivity contribution < 1.29 is 22.7 Å². The molecule has 0 bridgehead atoms. The lowest BCUT2D eigenvalue weighted by Gasteiger charge is -2.07. The third kappa shape index (κ3) is 5.79. The summed E-state index contributed by atoms with van der Waals surface area (Å²) >= 11 is 0. The second kappa shape index (κ2) is 9.26. The van der Waals surface area contributed by atoms with Gasteiger partial charge in [-0.15, -0.1) is 0 Å². The molecule has 26 heavy (non-hydrogen) atoms. The van der Waals surface area contributed by atoms with Gasteiger partial charge in [-0.2, -0.15) is 0 Å². The highest BCUT2D eigenvalue weighted by molar-refractivity contribution is 7.89. The Morgan fingerprint density at radius 3 is 2.27 bits per heavy atom. The minimum Gasteiger partial charge on any atom is -0.466 e. The standard InChI is InChI=1S/C19H21NO5S/c1-2-25-19(22)14-18(21)16-10-8-15(9-11-16)12-13-20-26(23,24)17-6-4-3-5-7-17/h3-11,20H,2,12-14H2,1H3. The Hall–Kier alpha value is -2.51. The van der Waals surface area contributed by atoms with Gasteiger partial charge in [-0.05, 0) is 31.0 Å². The quantitative estimate of drug-likeness (QED) is 0.413. The molecule has 6 nitrogen and oxygen atoms in total. The van der Waals surface area contributed by atoms with Crippen molar-refractivity contribution in [3.63, 3.8) is 0 Å². The number of carbonyl (C=O) groups is 2. The summed E-state index contributed by atoms with van der Waals surface area (Å²) in [5, 5.41) is 0. The number of esters is 1. The van der Waals surface area contributed by atoms with E-state index >= 15 is 0 Å². The second-order valence-electron chi connectivity index (χ2n) is 5.56. The van der Waals surface area contributed by atoms with Crippen LogP contribution in [0.15, 0.2) is 59.5 Å². The Morgan fingerprint density at radius 1 is 1.00 bits per heavy atom. The molecule has 1 N–H and O–H groups in total. The number of nitrogens with one attached hydrogen (secondary N) is 1. The van der Waals surface area contributed by atoms with Crippen LogP contribution in [0.25, 0.3) is 0 Å². The number of rotatable bonds is 9. The van der Waals surface area contributed by atoms with Crippen LogP contribution in [0.4, 0.5) is 0 Å². The van der Waals surface area contributed by atoms with Gasteiger partial charge >= 0.3 is 5.97 Å². The van der Waals surface area contributed by atoms with E-state index in [-0.39, 0.29) is 30.3 Å². The largest absolute Gasteiger partial charge is 0.466 e. The van der Waals surface area contributed by atoms with Crippen LogP contribution in [0, 0.1) is 0 Å². The van der Waals surface area contributed by atoms with Gasteiger partial charge < -0.3 is 4.74 Å². The topological polar surface area (TPSA) is 89.5 Å². The number of sulfonamides is 1. The molecular weight excluding hydrogens is 354 g/mol. The highest BCUT2D eigenvalue weighted by atomic mass is 32.2. The van der Waals surface area contributed by atoms with Crippen molar-refractivity contribution in [3.05, 3.63) is 65.7 Å². The van der Waals surface area contributed by atoms with E-state index in [2.05, 4.69) is 4.72 Å². The first-order chi connectivity index (χ1) is 12.4. The van der Waals surface area contributed by atoms with E-state index in [1.54, 1.807) is 49.4 Å². The van der Waals surface area contributed by atoms with E-state index in [0.717, 1.165) is 5.56 Å². The summed E-state index contributed by atoms with van der Waals surface area (Å²) in [6, 6.07) is 14.9. The van der Waals surface area contributed by atoms with Gasteiger partial charge in [0.05, 0.1) is 11.5 Å². The predicted molar refractivity (Wildman–Crippen MR) is 97.4 cm³/mol. The maximum Gasteiger partial charge on any atom is 0.313 e. The predicted octanol–water partition coefficient (Wildman–Crippen LogP) is 2.34. The van der Waals surface area contributed by atoms with Crippen molar-refractivity contribution in [1.29, 1.82) is 0 Å². The van der Waals surface area contributed by atoms with E-state index in [9.17, 15) is 18.0 Å². The number of hydrogen-bond donors (Lipinski definition) is 1. The Kier molecular flexibility index (Phi) is 7.06. The van der Waals surface area contributed by atoms with Gasteiger partial charge in [0, 0.05) is 12.1 Å². The summed E-state index contributed by atoms with van der Waals surface area (Å²) in [5.74, 6) is -0.850. The molecule has 0 saturated heterocycles. The molecule has 0 saturated carbocycles. The fourth-order valence-corrected chi connectivity index (χ4v) is 3.37. The fourth-order valence-electron chi connectivity index (χ4n) is 2.32. The fraction of sp³-hybridized carbons (Fsp3) is 0.263. The second-order valence-corrected chi connectivity index (χ2v) is 7.33. The molecular formula is C19H21NO5S. The van der Waals surface area contributed by atoms with E-state index in [1.165, 1.54) is 12.1 Å². The van der Waals surface area contributed by atoms with Crippen LogP contribution >= 0.6 is 0 Å². The number of ketones is 1. The monoisotopic (exact) mass is 375 g/mol. The summed E-state index contributed by atoms with van der Waals surface area (Å²) in [6.45, 7) is 2.17. The third-order valence-corrected chi connectivity index (χ3v) is 5.12. The lowest BCUT2D eigenvalue weighted by Crippen LogP contribution is -2.25. The Balaban J connectivity index is 1.88. The van der Waals surface area contributed by atoms with Crippen molar-refractivity contribution in [2.75, 3.05) is 13.2 Å². The van der Waals surface area contributed by atoms with Crippen LogP contribution in [0.1, 0.15) is 29.3 Å². The minimum absolute atomic E-state index is 0.222. The van der Waals surface area contributed by atoms with Gasteiger partial charge in [-0.3, -0.25) is 9.59 Å². The van der Waals surface area contributed by atoms with Crippen molar-refractivity contribution in [1.82, 2.24) is 4.72 Å². The average Bonchev–Trinajstić information content (AvgIpc) is 2.63. The van der Waals surface area contributed by atoms with Gasteiger partial charge in [0.2, 0.25) is 10.0 Å². The number of hydrogen-bond acceptors (Lipinski definition) is 5. The highest BCUT2D eigenvalue weighted by Gasteiger charge is 2.14. The van der Waals surface area contributed by atoms with Crippen molar-refractivity contribution in [2.24, 2.45) is 0 Å². The lowest BCUT2D eigenvalue weighted by atomic mass is 10.0. The van der Waals surface area contributed by atoms with Crippen LogP contribution in [-0.4, -0.2) is 33.3 Å². The molecule has 0 aromatic heterocycles. The van der Waals surface area contributed by atoms with Crippen LogP contribution in [0.5, 0.6) is 0 Å². The molecule has 138 valence electrons. The number of carbonyl (C=O) groups excluding carboxylic acids is 2. The van der Waals surface area contributed by atoms with Crippen LogP contribution in [0.2, 0.25) is 0 Å². The molecule has 0 fully saturated rings. The van der Waals surface area contributed by atoms with E-state index in [0.29, 0.717) is 12.0 Å². The van der Waals surface area contributed by atoms with E-state index in [1.807, 2.05) is 0 Å². The zero-order valence-electron chi connectivity index (χ0n) is 14.5.